The number of carbonyl (C=O) groups excluding carboxylic acids is 1. The van der Waals surface area contributed by atoms with E-state index < -0.39 is 0 Å². The van der Waals surface area contributed by atoms with Gasteiger partial charge in [0.2, 0.25) is 0 Å². The van der Waals surface area contributed by atoms with Crippen molar-refractivity contribution in [1.82, 2.24) is 10.3 Å². The highest BCUT2D eigenvalue weighted by atomic mass is 35.5. The molecule has 2 aromatic rings. The number of amides is 1. The lowest BCUT2D eigenvalue weighted by atomic mass is 10.1. The smallest absolute Gasteiger partial charge is 0.251 e. The molecule has 0 aliphatic heterocycles. The van der Waals surface area contributed by atoms with Crippen LogP contribution in [0.15, 0.2) is 36.5 Å². The number of hydrogen-bond acceptors (Lipinski definition) is 3. The minimum atomic E-state index is -0.193. The van der Waals surface area contributed by atoms with Gasteiger partial charge in [-0.1, -0.05) is 24.6 Å². The van der Waals surface area contributed by atoms with E-state index in [4.69, 9.17) is 17.3 Å². The largest absolute Gasteiger partial charge is 0.398 e. The molecule has 104 valence electrons. The highest BCUT2D eigenvalue weighted by Crippen LogP contribution is 2.19. The molecule has 0 bridgehead atoms. The first-order valence-electron chi connectivity index (χ1n) is 6.37. The van der Waals surface area contributed by atoms with Gasteiger partial charge in [0.1, 0.15) is 0 Å². The summed E-state index contributed by atoms with van der Waals surface area (Å²) in [4.78, 5) is 16.3. The van der Waals surface area contributed by atoms with Gasteiger partial charge in [-0.2, -0.15) is 0 Å². The Bertz CT molecular complexity index is 628. The average Bonchev–Trinajstić information content (AvgIpc) is 2.47. The third kappa shape index (κ3) is 3.27. The number of aromatic nitrogens is 1. The number of halogens is 1. The highest BCUT2D eigenvalue weighted by molar-refractivity contribution is 6.33. The number of aryl methyl sites for hydroxylation is 1. The average molecular weight is 290 g/mol. The Morgan fingerprint density at radius 2 is 2.20 bits per heavy atom. The van der Waals surface area contributed by atoms with Crippen molar-refractivity contribution in [3.63, 3.8) is 0 Å². The van der Waals surface area contributed by atoms with Crippen molar-refractivity contribution in [2.24, 2.45) is 0 Å². The van der Waals surface area contributed by atoms with E-state index in [1.165, 1.54) is 0 Å². The van der Waals surface area contributed by atoms with E-state index in [0.717, 1.165) is 17.7 Å². The minimum absolute atomic E-state index is 0.193. The summed E-state index contributed by atoms with van der Waals surface area (Å²) < 4.78 is 0. The fourth-order valence-electron chi connectivity index (χ4n) is 1.90. The zero-order chi connectivity index (χ0) is 14.5. The fourth-order valence-corrected chi connectivity index (χ4v) is 2.02. The molecule has 0 aliphatic carbocycles. The SMILES string of the molecule is CCc1cccnc1CNC(=O)c1ccc(Cl)c(N)c1. The van der Waals surface area contributed by atoms with Crippen molar-refractivity contribution in [3.8, 4) is 0 Å². The van der Waals surface area contributed by atoms with Gasteiger partial charge in [-0.05, 0) is 36.2 Å². The molecule has 1 aromatic carbocycles. The molecular formula is C15H16ClN3O. The van der Waals surface area contributed by atoms with E-state index in [9.17, 15) is 4.79 Å². The normalized spacial score (nSPS) is 10.3. The van der Waals surface area contributed by atoms with Crippen molar-refractivity contribution in [2.75, 3.05) is 5.73 Å². The maximum atomic E-state index is 12.0. The lowest BCUT2D eigenvalue weighted by Gasteiger charge is -2.09. The molecule has 5 heteroatoms. The number of benzene rings is 1. The molecule has 0 fully saturated rings. The molecule has 0 spiro atoms. The number of nitrogens with one attached hydrogen (secondary N) is 1. The summed E-state index contributed by atoms with van der Waals surface area (Å²) in [7, 11) is 0. The molecule has 1 heterocycles. The van der Waals surface area contributed by atoms with Crippen LogP contribution in [-0.4, -0.2) is 10.9 Å². The maximum absolute atomic E-state index is 12.0. The Hall–Kier alpha value is -2.07. The third-order valence-corrected chi connectivity index (χ3v) is 3.38. The molecule has 3 N–H and O–H groups in total. The van der Waals surface area contributed by atoms with E-state index in [1.807, 2.05) is 12.1 Å². The second kappa shape index (κ2) is 6.39. The number of nitrogens with zero attached hydrogens (tertiary/aromatic N) is 1. The standard InChI is InChI=1S/C15H16ClN3O/c1-2-10-4-3-7-18-14(10)9-19-15(20)11-5-6-12(16)13(17)8-11/h3-8H,2,9,17H2,1H3,(H,19,20). The van der Waals surface area contributed by atoms with Crippen molar-refractivity contribution in [2.45, 2.75) is 19.9 Å². The van der Waals surface area contributed by atoms with Crippen molar-refractivity contribution >= 4 is 23.2 Å². The number of nitrogen functional groups attached to an aromatic ring is 1. The van der Waals surface area contributed by atoms with Gasteiger partial charge in [-0.15, -0.1) is 0 Å². The zero-order valence-corrected chi connectivity index (χ0v) is 11.9. The number of nitrogens with two attached hydrogens (primary N) is 1. The number of anilines is 1. The molecule has 1 amide bonds. The van der Waals surface area contributed by atoms with Gasteiger partial charge in [-0.25, -0.2) is 0 Å². The molecule has 0 unspecified atom stereocenters. The first-order chi connectivity index (χ1) is 9.61. The topological polar surface area (TPSA) is 68.0 Å². The first kappa shape index (κ1) is 14.3. The Balaban J connectivity index is 2.06. The number of carbonyl (C=O) groups is 1. The minimum Gasteiger partial charge on any atom is -0.398 e. The summed E-state index contributed by atoms with van der Waals surface area (Å²) >= 11 is 5.83. The summed E-state index contributed by atoms with van der Waals surface area (Å²) in [6.45, 7) is 2.45. The number of hydrogen-bond donors (Lipinski definition) is 2. The summed E-state index contributed by atoms with van der Waals surface area (Å²) in [6.07, 6.45) is 2.61. The van der Waals surface area contributed by atoms with Gasteiger partial charge >= 0.3 is 0 Å². The van der Waals surface area contributed by atoms with Crippen molar-refractivity contribution in [3.05, 3.63) is 58.4 Å². The second-order valence-corrected chi connectivity index (χ2v) is 4.79. The Kier molecular flexibility index (Phi) is 4.58. The van der Waals surface area contributed by atoms with Crippen LogP contribution in [0.25, 0.3) is 0 Å². The van der Waals surface area contributed by atoms with Crippen molar-refractivity contribution < 1.29 is 4.79 Å². The molecular weight excluding hydrogens is 274 g/mol. The van der Waals surface area contributed by atoms with Crippen LogP contribution >= 0.6 is 11.6 Å². The fraction of sp³-hybridized carbons (Fsp3) is 0.200. The predicted octanol–water partition coefficient (Wildman–Crippen LogP) is 2.81. The number of pyridine rings is 1. The van der Waals surface area contributed by atoms with E-state index in [0.29, 0.717) is 22.8 Å². The summed E-state index contributed by atoms with van der Waals surface area (Å²) in [5.74, 6) is -0.193. The first-order valence-corrected chi connectivity index (χ1v) is 6.75. The molecule has 0 atom stereocenters. The molecule has 0 aliphatic rings. The Labute approximate surface area is 123 Å². The van der Waals surface area contributed by atoms with Crippen LogP contribution in [0.1, 0.15) is 28.5 Å². The van der Waals surface area contributed by atoms with Gasteiger partial charge in [0, 0.05) is 11.8 Å². The van der Waals surface area contributed by atoms with Crippen molar-refractivity contribution in [1.29, 1.82) is 0 Å². The van der Waals surface area contributed by atoms with Gasteiger partial charge < -0.3 is 11.1 Å². The zero-order valence-electron chi connectivity index (χ0n) is 11.2. The summed E-state index contributed by atoms with van der Waals surface area (Å²) in [6, 6.07) is 8.73. The molecule has 0 saturated carbocycles. The number of rotatable bonds is 4. The van der Waals surface area contributed by atoms with Crippen LogP contribution in [0.4, 0.5) is 5.69 Å². The molecule has 20 heavy (non-hydrogen) atoms. The second-order valence-electron chi connectivity index (χ2n) is 4.38. The molecule has 4 nitrogen and oxygen atoms in total. The lowest BCUT2D eigenvalue weighted by molar-refractivity contribution is 0.0950. The lowest BCUT2D eigenvalue weighted by Crippen LogP contribution is -2.24. The Morgan fingerprint density at radius 1 is 1.40 bits per heavy atom. The molecule has 0 saturated heterocycles. The quantitative estimate of drug-likeness (QED) is 0.851. The summed E-state index contributed by atoms with van der Waals surface area (Å²) in [5, 5.41) is 3.28. The predicted molar refractivity (Wildman–Crippen MR) is 80.6 cm³/mol. The van der Waals surface area contributed by atoms with Gasteiger partial charge in [0.25, 0.3) is 5.91 Å². The molecule has 0 radical (unpaired) electrons. The molecule has 2 rings (SSSR count). The monoisotopic (exact) mass is 289 g/mol. The maximum Gasteiger partial charge on any atom is 0.251 e. The van der Waals surface area contributed by atoms with Gasteiger partial charge in [-0.3, -0.25) is 9.78 Å². The summed E-state index contributed by atoms with van der Waals surface area (Å²) in [5.41, 5.74) is 8.58. The van der Waals surface area contributed by atoms with Gasteiger partial charge in [0.05, 0.1) is 22.9 Å². The van der Waals surface area contributed by atoms with E-state index in [-0.39, 0.29) is 5.91 Å². The van der Waals surface area contributed by atoms with Crippen LogP contribution in [-0.2, 0) is 13.0 Å². The van der Waals surface area contributed by atoms with Crippen LogP contribution in [0.5, 0.6) is 0 Å². The van der Waals surface area contributed by atoms with Crippen LogP contribution in [0, 0.1) is 0 Å². The van der Waals surface area contributed by atoms with E-state index in [2.05, 4.69) is 17.2 Å². The Morgan fingerprint density at radius 3 is 2.90 bits per heavy atom. The molecule has 1 aromatic heterocycles. The van der Waals surface area contributed by atoms with Crippen LogP contribution in [0.3, 0.4) is 0 Å². The van der Waals surface area contributed by atoms with Crippen LogP contribution in [0.2, 0.25) is 5.02 Å². The third-order valence-electron chi connectivity index (χ3n) is 3.04. The van der Waals surface area contributed by atoms with Gasteiger partial charge in [0.15, 0.2) is 0 Å². The van der Waals surface area contributed by atoms with E-state index in [1.54, 1.807) is 24.4 Å². The van der Waals surface area contributed by atoms with E-state index >= 15 is 0 Å². The van der Waals surface area contributed by atoms with Crippen LogP contribution < -0.4 is 11.1 Å². The highest BCUT2D eigenvalue weighted by Gasteiger charge is 2.09.